The molecule has 0 saturated heterocycles. The third-order valence-electron chi connectivity index (χ3n) is 5.35. The summed E-state index contributed by atoms with van der Waals surface area (Å²) in [4.78, 5) is 24.8. The second-order valence-electron chi connectivity index (χ2n) is 7.75. The Morgan fingerprint density at radius 2 is 1.73 bits per heavy atom. The van der Waals surface area contributed by atoms with Crippen LogP contribution in [0.3, 0.4) is 0 Å². The second kappa shape index (κ2) is 9.00. The lowest BCUT2D eigenvalue weighted by atomic mass is 10.1. The highest BCUT2D eigenvalue weighted by atomic mass is 16.5. The maximum Gasteiger partial charge on any atom is 0.259 e. The first-order valence-corrected chi connectivity index (χ1v) is 10.4. The summed E-state index contributed by atoms with van der Waals surface area (Å²) in [5.74, 6) is -0.163. The van der Waals surface area contributed by atoms with E-state index in [9.17, 15) is 9.59 Å². The Kier molecular flexibility index (Phi) is 5.95. The van der Waals surface area contributed by atoms with Gasteiger partial charge in [-0.05, 0) is 61.9 Å². The summed E-state index contributed by atoms with van der Waals surface area (Å²) < 4.78 is 7.03. The molecule has 7 heteroatoms. The molecule has 0 unspecified atom stereocenters. The van der Waals surface area contributed by atoms with Gasteiger partial charge in [0.2, 0.25) is 5.91 Å². The highest BCUT2D eigenvalue weighted by Crippen LogP contribution is 2.28. The number of carbonyl (C=O) groups excluding carboxylic acids is 2. The van der Waals surface area contributed by atoms with Gasteiger partial charge in [0, 0.05) is 23.0 Å². The number of rotatable bonds is 6. The van der Waals surface area contributed by atoms with Gasteiger partial charge in [-0.1, -0.05) is 29.8 Å². The maximum absolute atomic E-state index is 13.3. The number of anilines is 1. The zero-order chi connectivity index (χ0) is 23.5. The number of nitrogens with zero attached hydrogens (tertiary/aromatic N) is 2. The van der Waals surface area contributed by atoms with Gasteiger partial charge in [0.05, 0.1) is 18.4 Å². The van der Waals surface area contributed by atoms with Crippen molar-refractivity contribution in [1.82, 2.24) is 9.78 Å². The third kappa shape index (κ3) is 4.62. The molecule has 0 fully saturated rings. The first-order chi connectivity index (χ1) is 15.9. The Bertz CT molecular complexity index is 1340. The molecule has 7 nitrogen and oxygen atoms in total. The summed E-state index contributed by atoms with van der Waals surface area (Å²) >= 11 is 0. The Balaban J connectivity index is 1.75. The lowest BCUT2D eigenvalue weighted by molar-refractivity contribution is 0.0997. The lowest BCUT2D eigenvalue weighted by Gasteiger charge is -2.09. The fourth-order valence-electron chi connectivity index (χ4n) is 3.57. The smallest absolute Gasteiger partial charge is 0.259 e. The Morgan fingerprint density at radius 1 is 0.970 bits per heavy atom. The molecule has 4 aromatic rings. The zero-order valence-electron chi connectivity index (χ0n) is 18.6. The molecule has 0 bridgehead atoms. The van der Waals surface area contributed by atoms with Crippen LogP contribution >= 0.6 is 0 Å². The summed E-state index contributed by atoms with van der Waals surface area (Å²) in [6.07, 6.45) is 1.71. The van der Waals surface area contributed by atoms with Crippen LogP contribution in [0.1, 0.15) is 31.8 Å². The molecule has 0 radical (unpaired) electrons. The molecule has 1 heterocycles. The molecular formula is C26H24N4O3. The minimum Gasteiger partial charge on any atom is -0.497 e. The van der Waals surface area contributed by atoms with E-state index in [0.29, 0.717) is 33.8 Å². The molecule has 0 aliphatic heterocycles. The van der Waals surface area contributed by atoms with Crippen LogP contribution in [0.4, 0.5) is 5.69 Å². The van der Waals surface area contributed by atoms with Crippen molar-refractivity contribution in [3.63, 3.8) is 0 Å². The normalized spacial score (nSPS) is 10.6. The molecule has 4 rings (SSSR count). The molecule has 33 heavy (non-hydrogen) atoms. The van der Waals surface area contributed by atoms with Crippen molar-refractivity contribution in [3.05, 3.63) is 95.2 Å². The van der Waals surface area contributed by atoms with Crippen molar-refractivity contribution in [1.29, 1.82) is 0 Å². The summed E-state index contributed by atoms with van der Waals surface area (Å²) in [5, 5.41) is 7.61. The fourth-order valence-corrected chi connectivity index (χ4v) is 3.57. The molecule has 3 aromatic carbocycles. The van der Waals surface area contributed by atoms with Gasteiger partial charge in [-0.2, -0.15) is 5.10 Å². The second-order valence-corrected chi connectivity index (χ2v) is 7.75. The number of hydrogen-bond acceptors (Lipinski definition) is 4. The minimum atomic E-state index is -0.509. The summed E-state index contributed by atoms with van der Waals surface area (Å²) in [6.45, 7) is 3.78. The largest absolute Gasteiger partial charge is 0.497 e. The number of carbonyl (C=O) groups is 2. The van der Waals surface area contributed by atoms with Crippen molar-refractivity contribution in [2.45, 2.75) is 13.8 Å². The predicted octanol–water partition coefficient (Wildman–Crippen LogP) is 4.52. The van der Waals surface area contributed by atoms with Crippen molar-refractivity contribution < 1.29 is 14.3 Å². The van der Waals surface area contributed by atoms with Gasteiger partial charge in [0.25, 0.3) is 5.91 Å². The van der Waals surface area contributed by atoms with E-state index in [1.54, 1.807) is 43.1 Å². The van der Waals surface area contributed by atoms with Crippen molar-refractivity contribution in [2.75, 3.05) is 12.4 Å². The van der Waals surface area contributed by atoms with Crippen LogP contribution in [0.25, 0.3) is 16.9 Å². The Hall–Kier alpha value is -4.39. The quantitative estimate of drug-likeness (QED) is 0.461. The molecule has 0 aliphatic rings. The predicted molar refractivity (Wildman–Crippen MR) is 128 cm³/mol. The van der Waals surface area contributed by atoms with Crippen LogP contribution < -0.4 is 15.8 Å². The van der Waals surface area contributed by atoms with E-state index in [-0.39, 0.29) is 5.91 Å². The van der Waals surface area contributed by atoms with Gasteiger partial charge in [0.1, 0.15) is 11.4 Å². The first-order valence-electron chi connectivity index (χ1n) is 10.4. The van der Waals surface area contributed by atoms with Crippen LogP contribution in [-0.2, 0) is 0 Å². The summed E-state index contributed by atoms with van der Waals surface area (Å²) in [7, 11) is 1.59. The number of nitrogens with two attached hydrogens (primary N) is 1. The average molecular weight is 441 g/mol. The topological polar surface area (TPSA) is 99.2 Å². The molecule has 0 atom stereocenters. The Morgan fingerprint density at radius 3 is 2.39 bits per heavy atom. The van der Waals surface area contributed by atoms with Crippen LogP contribution in [0.15, 0.2) is 72.9 Å². The van der Waals surface area contributed by atoms with Crippen molar-refractivity contribution in [3.8, 4) is 22.7 Å². The van der Waals surface area contributed by atoms with E-state index in [2.05, 4.69) is 5.32 Å². The number of aryl methyl sites for hydroxylation is 2. The van der Waals surface area contributed by atoms with Gasteiger partial charge in [0.15, 0.2) is 0 Å². The SMILES string of the molecule is COc1cccc(-c2nn(-c3ccc(C)cc3)cc2C(=O)Nc2ccc(C(N)=O)c(C)c2)c1. The molecule has 0 spiro atoms. The molecular weight excluding hydrogens is 416 g/mol. The molecule has 166 valence electrons. The highest BCUT2D eigenvalue weighted by Gasteiger charge is 2.20. The zero-order valence-corrected chi connectivity index (χ0v) is 18.6. The number of amides is 2. The van der Waals surface area contributed by atoms with Crippen molar-refractivity contribution >= 4 is 17.5 Å². The molecule has 1 aromatic heterocycles. The third-order valence-corrected chi connectivity index (χ3v) is 5.35. The number of benzene rings is 3. The van der Waals surface area contributed by atoms with Crippen LogP contribution in [0.2, 0.25) is 0 Å². The molecule has 2 amide bonds. The van der Waals surface area contributed by atoms with Gasteiger partial charge in [-0.15, -0.1) is 0 Å². The average Bonchev–Trinajstić information content (AvgIpc) is 3.25. The van der Waals surface area contributed by atoms with Gasteiger partial charge in [-0.3, -0.25) is 9.59 Å². The van der Waals surface area contributed by atoms with Crippen LogP contribution in [-0.4, -0.2) is 28.7 Å². The maximum atomic E-state index is 13.3. The molecule has 3 N–H and O–H groups in total. The van der Waals surface area contributed by atoms with E-state index < -0.39 is 5.91 Å². The number of ether oxygens (including phenoxy) is 1. The summed E-state index contributed by atoms with van der Waals surface area (Å²) in [6, 6.07) is 20.3. The minimum absolute atomic E-state index is 0.322. The van der Waals surface area contributed by atoms with Gasteiger partial charge >= 0.3 is 0 Å². The number of hydrogen-bond donors (Lipinski definition) is 2. The number of aromatic nitrogens is 2. The van der Waals surface area contributed by atoms with E-state index in [1.165, 1.54) is 0 Å². The van der Waals surface area contributed by atoms with E-state index >= 15 is 0 Å². The molecule has 0 aliphatic carbocycles. The first kappa shape index (κ1) is 21.8. The number of primary amides is 1. The Labute approximate surface area is 191 Å². The van der Waals surface area contributed by atoms with E-state index in [1.807, 2.05) is 55.5 Å². The standard InChI is InChI=1S/C26H24N4O3/c1-16-7-10-20(11-8-16)30-15-23(24(29-30)18-5-4-6-21(14-18)33-3)26(32)28-19-9-12-22(25(27)31)17(2)13-19/h4-15H,1-3H3,(H2,27,31)(H,28,32). The number of methoxy groups -OCH3 is 1. The fraction of sp³-hybridized carbons (Fsp3) is 0.115. The number of nitrogens with one attached hydrogen (secondary N) is 1. The van der Waals surface area contributed by atoms with Gasteiger partial charge < -0.3 is 15.8 Å². The van der Waals surface area contributed by atoms with E-state index in [4.69, 9.17) is 15.6 Å². The monoisotopic (exact) mass is 440 g/mol. The highest BCUT2D eigenvalue weighted by molar-refractivity contribution is 6.08. The van der Waals surface area contributed by atoms with Crippen molar-refractivity contribution in [2.24, 2.45) is 5.73 Å². The molecule has 0 saturated carbocycles. The summed E-state index contributed by atoms with van der Waals surface area (Å²) in [5.41, 5.74) is 10.7. The van der Waals surface area contributed by atoms with Crippen LogP contribution in [0, 0.1) is 13.8 Å². The van der Waals surface area contributed by atoms with E-state index in [0.717, 1.165) is 16.8 Å². The van der Waals surface area contributed by atoms with Gasteiger partial charge in [-0.25, -0.2) is 4.68 Å². The van der Waals surface area contributed by atoms with Crippen LogP contribution in [0.5, 0.6) is 5.75 Å². The lowest BCUT2D eigenvalue weighted by Crippen LogP contribution is -2.15.